The Kier molecular flexibility index (Phi) is 4.13. The summed E-state index contributed by atoms with van der Waals surface area (Å²) in [7, 11) is 0. The van der Waals surface area contributed by atoms with Crippen LogP contribution in [0, 0.1) is 0 Å². The maximum absolute atomic E-state index is 12.6. The number of likely N-dealkylation sites (tertiary alicyclic amines) is 1. The number of amides is 1. The smallest absolute Gasteiger partial charge is 0.408 e. The molecule has 130 valence electrons. The molecule has 0 bridgehead atoms. The number of aryl methyl sites for hydroxylation is 1. The molecule has 1 aromatic carbocycles. The second-order valence-corrected chi connectivity index (χ2v) is 6.43. The van der Waals surface area contributed by atoms with Crippen LogP contribution in [0.1, 0.15) is 30.9 Å². The van der Waals surface area contributed by atoms with E-state index in [1.54, 1.807) is 12.3 Å². The van der Waals surface area contributed by atoms with E-state index in [0.717, 1.165) is 30.6 Å². The van der Waals surface area contributed by atoms with Gasteiger partial charge in [0, 0.05) is 43.9 Å². The highest BCUT2D eigenvalue weighted by Gasteiger charge is 2.25. The highest BCUT2D eigenvalue weighted by Crippen LogP contribution is 2.25. The van der Waals surface area contributed by atoms with Gasteiger partial charge in [0.05, 0.1) is 5.52 Å². The van der Waals surface area contributed by atoms with Crippen LogP contribution in [0.5, 0.6) is 0 Å². The molecule has 3 heterocycles. The van der Waals surface area contributed by atoms with Gasteiger partial charge in [-0.05, 0) is 31.0 Å². The quantitative estimate of drug-likeness (QED) is 0.788. The van der Waals surface area contributed by atoms with Crippen LogP contribution in [-0.2, 0) is 11.3 Å². The number of benzene rings is 1. The van der Waals surface area contributed by atoms with Gasteiger partial charge in [0.1, 0.15) is 0 Å². The minimum atomic E-state index is -0.414. The van der Waals surface area contributed by atoms with E-state index < -0.39 is 5.76 Å². The van der Waals surface area contributed by atoms with Crippen molar-refractivity contribution in [2.24, 2.45) is 0 Å². The fourth-order valence-corrected chi connectivity index (χ4v) is 3.54. The number of hydrogen-bond acceptors (Lipinski definition) is 4. The molecule has 0 unspecified atom stereocenters. The first-order valence-electron chi connectivity index (χ1n) is 8.58. The summed E-state index contributed by atoms with van der Waals surface area (Å²) in [5.74, 6) is -0.0398. The number of para-hydroxylation sites is 2. The second-order valence-electron chi connectivity index (χ2n) is 6.43. The van der Waals surface area contributed by atoms with E-state index in [4.69, 9.17) is 4.42 Å². The van der Waals surface area contributed by atoms with E-state index >= 15 is 0 Å². The summed E-state index contributed by atoms with van der Waals surface area (Å²) in [5.41, 5.74) is 2.36. The number of aromatic amines is 1. The zero-order valence-corrected chi connectivity index (χ0v) is 13.9. The third-order valence-corrected chi connectivity index (χ3v) is 4.86. The van der Waals surface area contributed by atoms with Gasteiger partial charge >= 0.3 is 5.76 Å². The minimum absolute atomic E-state index is 0.0707. The third-order valence-electron chi connectivity index (χ3n) is 4.86. The first kappa shape index (κ1) is 15.7. The van der Waals surface area contributed by atoms with Crippen LogP contribution in [0.3, 0.4) is 0 Å². The number of piperidine rings is 1. The SMILES string of the molecule is O=C(CCn1c(=O)oc2ccccc21)N1CCC[C@H](c2ccn[nH]2)C1. The van der Waals surface area contributed by atoms with Gasteiger partial charge in [-0.15, -0.1) is 0 Å². The Morgan fingerprint density at radius 2 is 2.20 bits per heavy atom. The maximum atomic E-state index is 12.6. The Hall–Kier alpha value is -2.83. The zero-order valence-electron chi connectivity index (χ0n) is 13.9. The number of carbonyl (C=O) groups excluding carboxylic acids is 1. The number of hydrogen-bond donors (Lipinski definition) is 1. The molecule has 1 aliphatic rings. The molecule has 7 heteroatoms. The number of H-pyrrole nitrogens is 1. The molecule has 1 amide bonds. The lowest BCUT2D eigenvalue weighted by Crippen LogP contribution is -2.39. The molecule has 1 aliphatic heterocycles. The van der Waals surface area contributed by atoms with Crippen molar-refractivity contribution < 1.29 is 9.21 Å². The molecule has 7 nitrogen and oxygen atoms in total. The predicted molar refractivity (Wildman–Crippen MR) is 92.2 cm³/mol. The molecular weight excluding hydrogens is 320 g/mol. The molecule has 3 aromatic rings. The number of aromatic nitrogens is 3. The van der Waals surface area contributed by atoms with Gasteiger partial charge < -0.3 is 9.32 Å². The lowest BCUT2D eigenvalue weighted by atomic mass is 9.95. The first-order chi connectivity index (χ1) is 12.2. The Bertz CT molecular complexity index is 925. The Morgan fingerprint density at radius 1 is 1.32 bits per heavy atom. The third kappa shape index (κ3) is 3.09. The Labute approximate surface area is 144 Å². The highest BCUT2D eigenvalue weighted by atomic mass is 16.4. The van der Waals surface area contributed by atoms with Crippen molar-refractivity contribution in [2.75, 3.05) is 13.1 Å². The number of carbonyl (C=O) groups is 1. The van der Waals surface area contributed by atoms with E-state index in [2.05, 4.69) is 10.2 Å². The number of oxazole rings is 1. The molecule has 0 spiro atoms. The average Bonchev–Trinajstić information content (AvgIpc) is 3.27. The van der Waals surface area contributed by atoms with E-state index in [9.17, 15) is 9.59 Å². The molecule has 1 N–H and O–H groups in total. The first-order valence-corrected chi connectivity index (χ1v) is 8.58. The summed E-state index contributed by atoms with van der Waals surface area (Å²) in [4.78, 5) is 26.5. The topological polar surface area (TPSA) is 84.1 Å². The Balaban J connectivity index is 1.43. The van der Waals surface area contributed by atoms with Crippen LogP contribution in [0.2, 0.25) is 0 Å². The highest BCUT2D eigenvalue weighted by molar-refractivity contribution is 5.77. The van der Waals surface area contributed by atoms with Crippen LogP contribution in [-0.4, -0.2) is 38.7 Å². The van der Waals surface area contributed by atoms with Gasteiger partial charge in [0.25, 0.3) is 0 Å². The van der Waals surface area contributed by atoms with Crippen molar-refractivity contribution in [2.45, 2.75) is 31.7 Å². The zero-order chi connectivity index (χ0) is 17.2. The minimum Gasteiger partial charge on any atom is -0.408 e. The van der Waals surface area contributed by atoms with Gasteiger partial charge in [0.2, 0.25) is 5.91 Å². The van der Waals surface area contributed by atoms with Gasteiger partial charge in [-0.1, -0.05) is 12.1 Å². The van der Waals surface area contributed by atoms with Crippen molar-refractivity contribution >= 4 is 17.0 Å². The standard InChI is InChI=1S/C18H20N4O3/c23-17(21-10-3-4-13(12-21)14-7-9-19-20-14)8-11-22-15-5-1-2-6-16(15)25-18(22)24/h1-2,5-7,9,13H,3-4,8,10-12H2,(H,19,20)/t13-/m0/s1. The van der Waals surface area contributed by atoms with Crippen molar-refractivity contribution in [3.63, 3.8) is 0 Å². The van der Waals surface area contributed by atoms with Crippen LogP contribution in [0.25, 0.3) is 11.1 Å². The maximum Gasteiger partial charge on any atom is 0.419 e. The van der Waals surface area contributed by atoms with E-state index in [0.29, 0.717) is 31.0 Å². The van der Waals surface area contributed by atoms with Gasteiger partial charge in [-0.2, -0.15) is 5.10 Å². The van der Waals surface area contributed by atoms with E-state index in [1.165, 1.54) is 4.57 Å². The average molecular weight is 340 g/mol. The number of fused-ring (bicyclic) bond motifs is 1. The van der Waals surface area contributed by atoms with Crippen molar-refractivity contribution in [1.29, 1.82) is 0 Å². The number of nitrogens with zero attached hydrogens (tertiary/aromatic N) is 3. The lowest BCUT2D eigenvalue weighted by Gasteiger charge is -2.32. The number of rotatable bonds is 4. The van der Waals surface area contributed by atoms with Gasteiger partial charge in [-0.3, -0.25) is 14.5 Å². The molecule has 1 atom stereocenters. The van der Waals surface area contributed by atoms with Gasteiger partial charge in [0.15, 0.2) is 5.58 Å². The van der Waals surface area contributed by atoms with Crippen LogP contribution in [0.15, 0.2) is 45.7 Å². The molecule has 4 rings (SSSR count). The fraction of sp³-hybridized carbons (Fsp3) is 0.389. The van der Waals surface area contributed by atoms with Crippen LogP contribution < -0.4 is 5.76 Å². The molecule has 0 radical (unpaired) electrons. The predicted octanol–water partition coefficient (Wildman–Crippen LogP) is 2.11. The largest absolute Gasteiger partial charge is 0.419 e. The molecule has 0 saturated carbocycles. The van der Waals surface area contributed by atoms with Crippen LogP contribution >= 0.6 is 0 Å². The molecule has 1 fully saturated rings. The van der Waals surface area contributed by atoms with E-state index in [1.807, 2.05) is 29.2 Å². The molecule has 25 heavy (non-hydrogen) atoms. The van der Waals surface area contributed by atoms with Crippen LogP contribution in [0.4, 0.5) is 0 Å². The normalized spacial score (nSPS) is 17.9. The summed E-state index contributed by atoms with van der Waals surface area (Å²) in [6, 6.07) is 9.24. The summed E-state index contributed by atoms with van der Waals surface area (Å²) in [5, 5.41) is 7.00. The number of nitrogens with one attached hydrogen (secondary N) is 1. The van der Waals surface area contributed by atoms with Gasteiger partial charge in [-0.25, -0.2) is 4.79 Å². The second kappa shape index (κ2) is 6.58. The molecule has 2 aromatic heterocycles. The summed E-state index contributed by atoms with van der Waals surface area (Å²) >= 11 is 0. The molecular formula is C18H20N4O3. The molecule has 0 aliphatic carbocycles. The summed E-state index contributed by atoms with van der Waals surface area (Å²) < 4.78 is 6.75. The van der Waals surface area contributed by atoms with E-state index in [-0.39, 0.29) is 5.91 Å². The molecule has 1 saturated heterocycles. The Morgan fingerprint density at radius 3 is 3.04 bits per heavy atom. The fourth-order valence-electron chi connectivity index (χ4n) is 3.54. The monoisotopic (exact) mass is 340 g/mol. The van der Waals surface area contributed by atoms with Crippen molar-refractivity contribution in [3.05, 3.63) is 52.8 Å². The van der Waals surface area contributed by atoms with Crippen molar-refractivity contribution in [1.82, 2.24) is 19.7 Å². The lowest BCUT2D eigenvalue weighted by molar-refractivity contribution is -0.132. The summed E-state index contributed by atoms with van der Waals surface area (Å²) in [6.45, 7) is 1.80. The summed E-state index contributed by atoms with van der Waals surface area (Å²) in [6.07, 6.45) is 4.06. The van der Waals surface area contributed by atoms with Crippen molar-refractivity contribution in [3.8, 4) is 0 Å².